The maximum absolute atomic E-state index is 12.0. The molecule has 0 aliphatic heterocycles. The molecule has 1 aromatic carbocycles. The van der Waals surface area contributed by atoms with Gasteiger partial charge in [-0.15, -0.1) is 0 Å². The van der Waals surface area contributed by atoms with Gasteiger partial charge in [-0.1, -0.05) is 30.7 Å². The summed E-state index contributed by atoms with van der Waals surface area (Å²) in [5, 5.41) is 9.52. The monoisotopic (exact) mass is 269 g/mol. The van der Waals surface area contributed by atoms with E-state index in [0.717, 1.165) is 13.0 Å². The van der Waals surface area contributed by atoms with E-state index in [1.165, 1.54) is 0 Å². The van der Waals surface area contributed by atoms with Gasteiger partial charge in [-0.05, 0) is 25.1 Å². The molecule has 3 nitrogen and oxygen atoms in total. The Balaban J connectivity index is 2.49. The van der Waals surface area contributed by atoms with E-state index in [0.29, 0.717) is 30.1 Å². The second-order valence-corrected chi connectivity index (χ2v) is 4.69. The molecule has 0 aliphatic rings. The van der Waals surface area contributed by atoms with Gasteiger partial charge in [0.05, 0.1) is 6.61 Å². The molecule has 0 heterocycles. The summed E-state index contributed by atoms with van der Waals surface area (Å²) in [6, 6.07) is 7.02. The Morgan fingerprint density at radius 3 is 2.72 bits per heavy atom. The maximum atomic E-state index is 12.0. The number of halogens is 1. The summed E-state index contributed by atoms with van der Waals surface area (Å²) in [5.74, 6) is 0.0940. The average molecular weight is 270 g/mol. The van der Waals surface area contributed by atoms with Crippen molar-refractivity contribution in [1.82, 2.24) is 4.90 Å². The minimum atomic E-state index is 0.0940. The summed E-state index contributed by atoms with van der Waals surface area (Å²) in [6.45, 7) is 4.42. The van der Waals surface area contributed by atoms with Crippen LogP contribution in [-0.4, -0.2) is 42.0 Å². The largest absolute Gasteiger partial charge is 0.395 e. The van der Waals surface area contributed by atoms with Crippen LogP contribution in [0, 0.1) is 0 Å². The first-order chi connectivity index (χ1) is 8.67. The number of aliphatic hydroxyl groups excluding tert-OH is 1. The van der Waals surface area contributed by atoms with Gasteiger partial charge in [-0.2, -0.15) is 0 Å². The summed E-state index contributed by atoms with van der Waals surface area (Å²) < 4.78 is 0. The molecule has 0 aliphatic carbocycles. The average Bonchev–Trinajstić information content (AvgIpc) is 2.36. The van der Waals surface area contributed by atoms with Gasteiger partial charge in [-0.25, -0.2) is 0 Å². The molecule has 4 heteroatoms. The number of nitrogens with zero attached hydrogens (tertiary/aromatic N) is 1. The smallest absolute Gasteiger partial charge is 0.164 e. The number of hydrogen-bond donors (Lipinski definition) is 1. The quantitative estimate of drug-likeness (QED) is 0.738. The lowest BCUT2D eigenvalue weighted by molar-refractivity contribution is 0.0957. The number of carbonyl (C=O) groups excluding carboxylic acids is 1. The van der Waals surface area contributed by atoms with Gasteiger partial charge >= 0.3 is 0 Å². The predicted octanol–water partition coefficient (Wildman–Crippen LogP) is 2.62. The SMILES string of the molecule is CCCN(CCO)CCC(=O)c1cccc(Cl)c1. The van der Waals surface area contributed by atoms with E-state index >= 15 is 0 Å². The molecule has 0 unspecified atom stereocenters. The molecule has 0 saturated carbocycles. The summed E-state index contributed by atoms with van der Waals surface area (Å²) in [4.78, 5) is 14.1. The van der Waals surface area contributed by atoms with Crippen molar-refractivity contribution in [3.05, 3.63) is 34.9 Å². The Morgan fingerprint density at radius 2 is 2.11 bits per heavy atom. The summed E-state index contributed by atoms with van der Waals surface area (Å²) in [5.41, 5.74) is 0.656. The normalized spacial score (nSPS) is 10.9. The van der Waals surface area contributed by atoms with E-state index in [1.54, 1.807) is 24.3 Å². The van der Waals surface area contributed by atoms with Crippen LogP contribution < -0.4 is 0 Å². The highest BCUT2D eigenvalue weighted by atomic mass is 35.5. The standard InChI is InChI=1S/C14H20ClNO2/c1-2-7-16(9-10-17)8-6-14(18)12-4-3-5-13(15)11-12/h3-5,11,17H,2,6-10H2,1H3. The van der Waals surface area contributed by atoms with Gasteiger partial charge in [0.15, 0.2) is 5.78 Å². The Hall–Kier alpha value is -0.900. The van der Waals surface area contributed by atoms with Gasteiger partial charge in [0.2, 0.25) is 0 Å². The minimum absolute atomic E-state index is 0.0940. The van der Waals surface area contributed by atoms with Crippen molar-refractivity contribution in [3.63, 3.8) is 0 Å². The van der Waals surface area contributed by atoms with E-state index in [1.807, 2.05) is 0 Å². The molecular weight excluding hydrogens is 250 g/mol. The molecule has 1 N–H and O–H groups in total. The minimum Gasteiger partial charge on any atom is -0.395 e. The number of rotatable bonds is 8. The fourth-order valence-electron chi connectivity index (χ4n) is 1.86. The zero-order valence-electron chi connectivity index (χ0n) is 10.7. The van der Waals surface area contributed by atoms with Gasteiger partial charge in [0, 0.05) is 30.1 Å². The van der Waals surface area contributed by atoms with E-state index < -0.39 is 0 Å². The summed E-state index contributed by atoms with van der Waals surface area (Å²) >= 11 is 5.86. The van der Waals surface area contributed by atoms with Crippen molar-refractivity contribution in [2.75, 3.05) is 26.2 Å². The van der Waals surface area contributed by atoms with Gasteiger partial charge < -0.3 is 10.0 Å². The molecule has 100 valence electrons. The molecular formula is C14H20ClNO2. The number of Topliss-reactive ketones (excluding diaryl/α,β-unsaturated/α-hetero) is 1. The summed E-state index contributed by atoms with van der Waals surface area (Å²) in [6.07, 6.45) is 1.48. The Morgan fingerprint density at radius 1 is 1.33 bits per heavy atom. The topological polar surface area (TPSA) is 40.5 Å². The van der Waals surface area contributed by atoms with Gasteiger partial charge in [-0.3, -0.25) is 4.79 Å². The van der Waals surface area contributed by atoms with Crippen LogP contribution in [0.3, 0.4) is 0 Å². The van der Waals surface area contributed by atoms with Crippen molar-refractivity contribution in [2.24, 2.45) is 0 Å². The van der Waals surface area contributed by atoms with Crippen LogP contribution in [0.5, 0.6) is 0 Å². The highest BCUT2D eigenvalue weighted by molar-refractivity contribution is 6.31. The maximum Gasteiger partial charge on any atom is 0.164 e. The molecule has 0 saturated heterocycles. The molecule has 0 bridgehead atoms. The third kappa shape index (κ3) is 5.17. The third-order valence-corrected chi connectivity index (χ3v) is 2.99. The number of hydrogen-bond acceptors (Lipinski definition) is 3. The number of benzene rings is 1. The first-order valence-corrected chi connectivity index (χ1v) is 6.67. The van der Waals surface area contributed by atoms with Crippen LogP contribution in [0.4, 0.5) is 0 Å². The van der Waals surface area contributed by atoms with Gasteiger partial charge in [0.25, 0.3) is 0 Å². The van der Waals surface area contributed by atoms with E-state index in [2.05, 4.69) is 11.8 Å². The molecule has 0 amide bonds. The van der Waals surface area contributed by atoms with Crippen molar-refractivity contribution >= 4 is 17.4 Å². The van der Waals surface area contributed by atoms with Crippen molar-refractivity contribution < 1.29 is 9.90 Å². The zero-order chi connectivity index (χ0) is 13.4. The van der Waals surface area contributed by atoms with E-state index in [-0.39, 0.29) is 12.4 Å². The molecule has 0 spiro atoms. The highest BCUT2D eigenvalue weighted by Crippen LogP contribution is 2.12. The van der Waals surface area contributed by atoms with Crippen LogP contribution in [0.25, 0.3) is 0 Å². The Labute approximate surface area is 113 Å². The number of carbonyl (C=O) groups is 1. The molecule has 0 atom stereocenters. The lowest BCUT2D eigenvalue weighted by Crippen LogP contribution is -2.30. The van der Waals surface area contributed by atoms with Crippen LogP contribution in [-0.2, 0) is 0 Å². The molecule has 0 aromatic heterocycles. The second-order valence-electron chi connectivity index (χ2n) is 4.25. The first kappa shape index (κ1) is 15.2. The van der Waals surface area contributed by atoms with Crippen molar-refractivity contribution in [2.45, 2.75) is 19.8 Å². The first-order valence-electron chi connectivity index (χ1n) is 6.29. The fraction of sp³-hybridized carbons (Fsp3) is 0.500. The predicted molar refractivity (Wildman–Crippen MR) is 74.2 cm³/mol. The van der Waals surface area contributed by atoms with E-state index in [4.69, 9.17) is 16.7 Å². The highest BCUT2D eigenvalue weighted by Gasteiger charge is 2.09. The summed E-state index contributed by atoms with van der Waals surface area (Å²) in [7, 11) is 0. The Bertz CT molecular complexity index is 376. The molecule has 0 radical (unpaired) electrons. The molecule has 18 heavy (non-hydrogen) atoms. The lowest BCUT2D eigenvalue weighted by Gasteiger charge is -2.19. The van der Waals surface area contributed by atoms with Crippen molar-refractivity contribution in [3.8, 4) is 0 Å². The van der Waals surface area contributed by atoms with Crippen molar-refractivity contribution in [1.29, 1.82) is 0 Å². The zero-order valence-corrected chi connectivity index (χ0v) is 11.5. The van der Waals surface area contributed by atoms with Crippen LogP contribution in [0.15, 0.2) is 24.3 Å². The fourth-order valence-corrected chi connectivity index (χ4v) is 2.05. The second kappa shape index (κ2) is 8.25. The van der Waals surface area contributed by atoms with Crippen LogP contribution in [0.1, 0.15) is 30.1 Å². The van der Waals surface area contributed by atoms with Crippen LogP contribution >= 0.6 is 11.6 Å². The number of ketones is 1. The van der Waals surface area contributed by atoms with Gasteiger partial charge in [0.1, 0.15) is 0 Å². The molecule has 1 aromatic rings. The third-order valence-electron chi connectivity index (χ3n) is 2.76. The molecule has 0 fully saturated rings. The van der Waals surface area contributed by atoms with E-state index in [9.17, 15) is 4.79 Å². The van der Waals surface area contributed by atoms with Crippen LogP contribution in [0.2, 0.25) is 5.02 Å². The lowest BCUT2D eigenvalue weighted by atomic mass is 10.1. The molecule has 1 rings (SSSR count). The Kier molecular flexibility index (Phi) is 6.94. The number of aliphatic hydroxyl groups is 1.